The van der Waals surface area contributed by atoms with E-state index >= 15 is 0 Å². The Kier molecular flexibility index (Phi) is 5.61. The lowest BCUT2D eigenvalue weighted by molar-refractivity contribution is 0.355. The van der Waals surface area contributed by atoms with E-state index in [2.05, 4.69) is 15.3 Å². The van der Waals surface area contributed by atoms with E-state index in [1.54, 1.807) is 50.8 Å². The molecule has 0 radical (unpaired) electrons. The summed E-state index contributed by atoms with van der Waals surface area (Å²) in [7, 11) is 3.16. The number of benzene rings is 2. The van der Waals surface area contributed by atoms with Crippen molar-refractivity contribution in [2.75, 3.05) is 14.2 Å². The zero-order valence-electron chi connectivity index (χ0n) is 13.9. The van der Waals surface area contributed by atoms with Crippen LogP contribution in [0.25, 0.3) is 11.4 Å². The Bertz CT molecular complexity index is 1030. The van der Waals surface area contributed by atoms with E-state index < -0.39 is 0 Å². The van der Waals surface area contributed by atoms with Crippen LogP contribution in [0.1, 0.15) is 5.56 Å². The minimum absolute atomic E-state index is 0.336. The summed E-state index contributed by atoms with van der Waals surface area (Å²) in [6.07, 6.45) is 1.64. The van der Waals surface area contributed by atoms with Gasteiger partial charge in [0.25, 0.3) is 0 Å². The highest BCUT2D eigenvalue weighted by atomic mass is 35.5. The third kappa shape index (κ3) is 3.75. The lowest BCUT2D eigenvalue weighted by atomic mass is 10.2. The number of methoxy groups -OCH3 is 2. The van der Waals surface area contributed by atoms with Gasteiger partial charge in [0.05, 0.1) is 25.5 Å². The van der Waals surface area contributed by atoms with E-state index in [1.807, 2.05) is 6.07 Å². The number of ether oxygens (including phenoxy) is 2. The van der Waals surface area contributed by atoms with Gasteiger partial charge in [-0.2, -0.15) is 14.9 Å². The van der Waals surface area contributed by atoms with Crippen LogP contribution in [-0.2, 0) is 0 Å². The first-order valence-corrected chi connectivity index (χ1v) is 8.59. The largest absolute Gasteiger partial charge is 0.493 e. The number of aromatic amines is 1. The molecule has 0 saturated carbocycles. The first-order valence-electron chi connectivity index (χ1n) is 7.42. The molecule has 134 valence electrons. The van der Waals surface area contributed by atoms with E-state index in [0.717, 1.165) is 5.56 Å². The molecule has 0 aliphatic rings. The maximum Gasteiger partial charge on any atom is 0.216 e. The number of nitrogens with zero attached hydrogens (tertiary/aromatic N) is 3. The highest BCUT2D eigenvalue weighted by molar-refractivity contribution is 7.71. The third-order valence-corrected chi connectivity index (χ3v) is 4.36. The first-order chi connectivity index (χ1) is 12.5. The van der Waals surface area contributed by atoms with Crippen LogP contribution in [0.4, 0.5) is 0 Å². The van der Waals surface area contributed by atoms with Gasteiger partial charge in [0.2, 0.25) is 4.77 Å². The Labute approximate surface area is 165 Å². The Balaban J connectivity index is 2.00. The Morgan fingerprint density at radius 2 is 1.88 bits per heavy atom. The van der Waals surface area contributed by atoms with Gasteiger partial charge >= 0.3 is 0 Å². The minimum Gasteiger partial charge on any atom is -0.493 e. The summed E-state index contributed by atoms with van der Waals surface area (Å²) < 4.78 is 12.3. The van der Waals surface area contributed by atoms with Gasteiger partial charge in [-0.05, 0) is 54.2 Å². The number of hydrogen-bond donors (Lipinski definition) is 1. The SMILES string of the molecule is COc1ccc(/C=N/n2c(-c3ccc(Cl)cc3Cl)n[nH]c2=S)cc1OC. The quantitative estimate of drug-likeness (QED) is 0.485. The second kappa shape index (κ2) is 7.90. The third-order valence-electron chi connectivity index (χ3n) is 3.55. The van der Waals surface area contributed by atoms with Crippen LogP contribution >= 0.6 is 35.4 Å². The van der Waals surface area contributed by atoms with Crippen molar-refractivity contribution < 1.29 is 9.47 Å². The monoisotopic (exact) mass is 408 g/mol. The molecule has 1 aromatic heterocycles. The molecular formula is C17H14Cl2N4O2S. The molecule has 0 aliphatic carbocycles. The molecule has 9 heteroatoms. The highest BCUT2D eigenvalue weighted by Crippen LogP contribution is 2.29. The van der Waals surface area contributed by atoms with Crippen molar-refractivity contribution in [2.45, 2.75) is 0 Å². The Hall–Kier alpha value is -2.35. The highest BCUT2D eigenvalue weighted by Gasteiger charge is 2.12. The van der Waals surface area contributed by atoms with E-state index in [1.165, 1.54) is 4.68 Å². The molecule has 26 heavy (non-hydrogen) atoms. The molecule has 0 amide bonds. The molecule has 1 N–H and O–H groups in total. The fourth-order valence-electron chi connectivity index (χ4n) is 2.30. The maximum absolute atomic E-state index is 6.27. The Morgan fingerprint density at radius 1 is 1.12 bits per heavy atom. The minimum atomic E-state index is 0.336. The van der Waals surface area contributed by atoms with Crippen molar-refractivity contribution in [3.63, 3.8) is 0 Å². The van der Waals surface area contributed by atoms with Gasteiger partial charge in [0.1, 0.15) is 0 Å². The summed E-state index contributed by atoms with van der Waals surface area (Å²) in [5, 5.41) is 12.3. The molecule has 0 atom stereocenters. The zero-order valence-corrected chi connectivity index (χ0v) is 16.2. The summed E-state index contributed by atoms with van der Waals surface area (Å²) >= 11 is 17.5. The molecule has 3 rings (SSSR count). The molecule has 1 heterocycles. The van der Waals surface area contributed by atoms with Gasteiger partial charge in [-0.3, -0.25) is 0 Å². The smallest absolute Gasteiger partial charge is 0.216 e. The van der Waals surface area contributed by atoms with Crippen molar-refractivity contribution in [1.82, 2.24) is 14.9 Å². The van der Waals surface area contributed by atoms with Crippen molar-refractivity contribution >= 4 is 41.6 Å². The molecule has 0 saturated heterocycles. The molecule has 3 aromatic rings. The molecule has 0 aliphatic heterocycles. The van der Waals surface area contributed by atoms with Crippen LogP contribution in [0.15, 0.2) is 41.5 Å². The molecular weight excluding hydrogens is 395 g/mol. The first kappa shape index (κ1) is 18.4. The maximum atomic E-state index is 6.27. The van der Waals surface area contributed by atoms with E-state index in [-0.39, 0.29) is 0 Å². The van der Waals surface area contributed by atoms with Crippen molar-refractivity contribution in [3.8, 4) is 22.9 Å². The summed E-state index contributed by atoms with van der Waals surface area (Å²) in [5.41, 5.74) is 1.46. The summed E-state index contributed by atoms with van der Waals surface area (Å²) in [4.78, 5) is 0. The fraction of sp³-hybridized carbons (Fsp3) is 0.118. The number of hydrogen-bond acceptors (Lipinski definition) is 5. The summed E-state index contributed by atoms with van der Waals surface area (Å²) in [5.74, 6) is 1.72. The van der Waals surface area contributed by atoms with Crippen molar-refractivity contribution in [2.24, 2.45) is 5.10 Å². The van der Waals surface area contributed by atoms with Crippen LogP contribution in [-0.4, -0.2) is 35.3 Å². The van der Waals surface area contributed by atoms with Gasteiger partial charge in [-0.1, -0.05) is 23.2 Å². The topological polar surface area (TPSA) is 64.4 Å². The van der Waals surface area contributed by atoms with Gasteiger partial charge in [0, 0.05) is 10.6 Å². The molecule has 2 aromatic carbocycles. The van der Waals surface area contributed by atoms with Crippen LogP contribution in [0.2, 0.25) is 10.0 Å². The number of rotatable bonds is 5. The van der Waals surface area contributed by atoms with Crippen LogP contribution < -0.4 is 9.47 Å². The predicted octanol–water partition coefficient (Wildman–Crippen LogP) is 4.81. The van der Waals surface area contributed by atoms with Crippen LogP contribution in [0.5, 0.6) is 11.5 Å². The Morgan fingerprint density at radius 3 is 2.58 bits per heavy atom. The summed E-state index contributed by atoms with van der Waals surface area (Å²) in [6, 6.07) is 10.6. The number of aromatic nitrogens is 3. The molecule has 0 bridgehead atoms. The van der Waals surface area contributed by atoms with Gasteiger partial charge in [-0.15, -0.1) is 0 Å². The van der Waals surface area contributed by atoms with Crippen molar-refractivity contribution in [3.05, 3.63) is 56.8 Å². The second-order valence-corrected chi connectivity index (χ2v) is 6.38. The molecule has 0 unspecified atom stereocenters. The van der Waals surface area contributed by atoms with Gasteiger partial charge < -0.3 is 9.47 Å². The lowest BCUT2D eigenvalue weighted by Gasteiger charge is -2.07. The molecule has 0 fully saturated rings. The fourth-order valence-corrected chi connectivity index (χ4v) is 2.97. The van der Waals surface area contributed by atoms with Gasteiger partial charge in [-0.25, -0.2) is 5.10 Å². The zero-order chi connectivity index (χ0) is 18.7. The van der Waals surface area contributed by atoms with Crippen LogP contribution in [0.3, 0.4) is 0 Å². The number of nitrogens with one attached hydrogen (secondary N) is 1. The predicted molar refractivity (Wildman–Crippen MR) is 105 cm³/mol. The molecule has 6 nitrogen and oxygen atoms in total. The van der Waals surface area contributed by atoms with E-state index in [0.29, 0.717) is 37.7 Å². The number of H-pyrrole nitrogens is 1. The van der Waals surface area contributed by atoms with Crippen molar-refractivity contribution in [1.29, 1.82) is 0 Å². The second-order valence-electron chi connectivity index (χ2n) is 5.15. The number of halogens is 2. The van der Waals surface area contributed by atoms with Gasteiger partial charge in [0.15, 0.2) is 17.3 Å². The normalized spacial score (nSPS) is 11.1. The van der Waals surface area contributed by atoms with Crippen LogP contribution in [0, 0.1) is 4.77 Å². The average Bonchev–Trinajstić information content (AvgIpc) is 3.00. The standard InChI is InChI=1S/C17H14Cl2N4O2S/c1-24-14-6-3-10(7-15(14)25-2)9-20-23-16(21-22-17(23)26)12-5-4-11(18)8-13(12)19/h3-9H,1-2H3,(H,22,26)/b20-9+. The van der Waals surface area contributed by atoms with E-state index in [9.17, 15) is 0 Å². The lowest BCUT2D eigenvalue weighted by Crippen LogP contribution is -1.96. The average molecular weight is 409 g/mol. The summed E-state index contributed by atoms with van der Waals surface area (Å²) in [6.45, 7) is 0. The molecule has 0 spiro atoms. The van der Waals surface area contributed by atoms with E-state index in [4.69, 9.17) is 44.9 Å².